The van der Waals surface area contributed by atoms with Crippen molar-refractivity contribution in [3.8, 4) is 0 Å². The molecule has 1 fully saturated rings. The van der Waals surface area contributed by atoms with Crippen molar-refractivity contribution in [2.45, 2.75) is 83.2 Å². The molecule has 3 N–H and O–H groups in total. The Labute approximate surface area is 168 Å². The predicted octanol–water partition coefficient (Wildman–Crippen LogP) is 3.36. The van der Waals surface area contributed by atoms with E-state index < -0.39 is 18.3 Å². The average molecular weight is 391 g/mol. The highest BCUT2D eigenvalue weighted by molar-refractivity contribution is 5.92. The molecule has 1 saturated carbocycles. The van der Waals surface area contributed by atoms with Gasteiger partial charge in [0.2, 0.25) is 0 Å². The van der Waals surface area contributed by atoms with Crippen LogP contribution < -0.4 is 0 Å². The lowest BCUT2D eigenvalue weighted by Gasteiger charge is -2.22. The zero-order valence-corrected chi connectivity index (χ0v) is 17.0. The molecule has 0 spiro atoms. The van der Waals surface area contributed by atoms with Gasteiger partial charge in [0.25, 0.3) is 0 Å². The second-order valence-electron chi connectivity index (χ2n) is 8.00. The van der Waals surface area contributed by atoms with Crippen molar-refractivity contribution in [3.05, 3.63) is 47.6 Å². The smallest absolute Gasteiger partial charge is 0.338 e. The maximum atomic E-state index is 12.4. The molecule has 0 radical (unpaired) electrons. The number of carbonyl (C=O) groups is 1. The quantitative estimate of drug-likeness (QED) is 0.437. The minimum absolute atomic E-state index is 0.0474. The summed E-state index contributed by atoms with van der Waals surface area (Å²) in [5.74, 6) is -0.160. The number of carbonyl (C=O) groups excluding carboxylic acids is 1. The summed E-state index contributed by atoms with van der Waals surface area (Å²) < 4.78 is 5.64. The number of hydrogen-bond donors (Lipinski definition) is 3. The third kappa shape index (κ3) is 7.74. The fourth-order valence-electron chi connectivity index (χ4n) is 3.58. The summed E-state index contributed by atoms with van der Waals surface area (Å²) >= 11 is 0. The van der Waals surface area contributed by atoms with E-state index in [2.05, 4.69) is 0 Å². The van der Waals surface area contributed by atoms with Crippen molar-refractivity contribution in [1.29, 1.82) is 0 Å². The highest BCUT2D eigenvalue weighted by Gasteiger charge is 2.21. The van der Waals surface area contributed by atoms with Crippen molar-refractivity contribution in [1.82, 2.24) is 0 Å². The van der Waals surface area contributed by atoms with E-state index in [1.165, 1.54) is 6.42 Å². The van der Waals surface area contributed by atoms with Gasteiger partial charge in [0.1, 0.15) is 6.10 Å². The first-order valence-electron chi connectivity index (χ1n) is 10.4. The Bertz CT molecular complexity index is 623. The maximum Gasteiger partial charge on any atom is 0.338 e. The third-order valence-electron chi connectivity index (χ3n) is 5.18. The number of ether oxygens (including phenoxy) is 1. The summed E-state index contributed by atoms with van der Waals surface area (Å²) in [7, 11) is 0. The van der Waals surface area contributed by atoms with E-state index in [0.717, 1.165) is 37.7 Å². The third-order valence-corrected chi connectivity index (χ3v) is 5.18. The van der Waals surface area contributed by atoms with Gasteiger partial charge in [-0.3, -0.25) is 0 Å². The lowest BCUT2D eigenvalue weighted by Crippen LogP contribution is -2.27. The number of aliphatic hydroxyl groups is 3. The van der Waals surface area contributed by atoms with Gasteiger partial charge in [0.15, 0.2) is 0 Å². The lowest BCUT2D eigenvalue weighted by molar-refractivity contribution is -0.145. The molecule has 5 nitrogen and oxygen atoms in total. The first-order chi connectivity index (χ1) is 13.3. The molecular weight excluding hydrogens is 356 g/mol. The molecule has 0 aromatic rings. The van der Waals surface area contributed by atoms with E-state index in [0.29, 0.717) is 5.57 Å². The van der Waals surface area contributed by atoms with Crippen LogP contribution in [-0.2, 0) is 9.53 Å². The molecule has 28 heavy (non-hydrogen) atoms. The molecule has 0 bridgehead atoms. The van der Waals surface area contributed by atoms with E-state index in [4.69, 9.17) is 4.74 Å². The molecule has 0 aromatic heterocycles. The monoisotopic (exact) mass is 390 g/mol. The molecule has 2 aliphatic carbocycles. The molecule has 156 valence electrons. The van der Waals surface area contributed by atoms with Gasteiger partial charge in [-0.2, -0.15) is 0 Å². The van der Waals surface area contributed by atoms with E-state index >= 15 is 0 Å². The minimum Gasteiger partial charge on any atom is -0.459 e. The van der Waals surface area contributed by atoms with Gasteiger partial charge < -0.3 is 20.1 Å². The minimum atomic E-state index is -1.03. The molecule has 2 aliphatic rings. The lowest BCUT2D eigenvalue weighted by atomic mass is 9.94. The zero-order chi connectivity index (χ0) is 20.5. The van der Waals surface area contributed by atoms with Crippen LogP contribution in [0.25, 0.3) is 0 Å². The standard InChI is InChI=1S/C23H34O5/c1-16(13-21(25)22(26)14-17(2)24)11-12-18-7-6-8-19(15-18)23(27)28-20-9-4-3-5-10-20/h6,8,11-13,15,17-18,20-22,24-26H,3-5,7,9-10,14H2,1-2H3/b12-11+,16-13+. The SMILES string of the molecule is CC(/C=C/C1C=C(C(=O)OC2CCCCC2)C=CC1)=C\C(O)C(O)CC(C)O. The normalized spacial score (nSPS) is 24.7. The Morgan fingerprint density at radius 3 is 2.64 bits per heavy atom. The molecule has 4 unspecified atom stereocenters. The van der Waals surface area contributed by atoms with Gasteiger partial charge in [-0.15, -0.1) is 0 Å². The predicted molar refractivity (Wildman–Crippen MR) is 110 cm³/mol. The average Bonchev–Trinajstić information content (AvgIpc) is 2.67. The second-order valence-corrected chi connectivity index (χ2v) is 8.00. The molecule has 0 amide bonds. The van der Waals surface area contributed by atoms with Crippen molar-refractivity contribution >= 4 is 5.97 Å². The van der Waals surface area contributed by atoms with Crippen LogP contribution in [0.1, 0.15) is 58.8 Å². The molecule has 0 aromatic carbocycles. The summed E-state index contributed by atoms with van der Waals surface area (Å²) in [5, 5.41) is 29.1. The summed E-state index contributed by atoms with van der Waals surface area (Å²) in [4.78, 5) is 12.4. The van der Waals surface area contributed by atoms with Crippen LogP contribution in [0.5, 0.6) is 0 Å². The Morgan fingerprint density at radius 2 is 1.96 bits per heavy atom. The highest BCUT2D eigenvalue weighted by atomic mass is 16.5. The summed E-state index contributed by atoms with van der Waals surface area (Å²) in [6.07, 6.45) is 14.8. The molecular formula is C23H34O5. The number of allylic oxidation sites excluding steroid dienone is 5. The highest BCUT2D eigenvalue weighted by Crippen LogP contribution is 2.24. The topological polar surface area (TPSA) is 87.0 Å². The summed E-state index contributed by atoms with van der Waals surface area (Å²) in [6.45, 7) is 3.42. The molecule has 2 rings (SSSR count). The van der Waals surface area contributed by atoms with Crippen LogP contribution in [0.3, 0.4) is 0 Å². The van der Waals surface area contributed by atoms with Gasteiger partial charge in [0.05, 0.1) is 23.9 Å². The summed E-state index contributed by atoms with van der Waals surface area (Å²) in [5.41, 5.74) is 1.41. The van der Waals surface area contributed by atoms with Crippen molar-refractivity contribution in [3.63, 3.8) is 0 Å². The van der Waals surface area contributed by atoms with E-state index in [1.807, 2.05) is 37.3 Å². The van der Waals surface area contributed by atoms with E-state index in [-0.39, 0.29) is 24.4 Å². The van der Waals surface area contributed by atoms with Gasteiger partial charge in [-0.05, 0) is 51.9 Å². The van der Waals surface area contributed by atoms with Crippen LogP contribution in [0.15, 0.2) is 47.6 Å². The van der Waals surface area contributed by atoms with Gasteiger partial charge >= 0.3 is 5.97 Å². The van der Waals surface area contributed by atoms with Crippen LogP contribution >= 0.6 is 0 Å². The van der Waals surface area contributed by atoms with E-state index in [1.54, 1.807) is 13.0 Å². The Hall–Kier alpha value is -1.69. The van der Waals surface area contributed by atoms with Crippen LogP contribution in [0.4, 0.5) is 0 Å². The van der Waals surface area contributed by atoms with Crippen LogP contribution in [0, 0.1) is 5.92 Å². The molecule has 0 aliphatic heterocycles. The second kappa shape index (κ2) is 11.3. The zero-order valence-electron chi connectivity index (χ0n) is 17.0. The largest absolute Gasteiger partial charge is 0.459 e. The van der Waals surface area contributed by atoms with Crippen molar-refractivity contribution in [2.75, 3.05) is 0 Å². The summed E-state index contributed by atoms with van der Waals surface area (Å²) in [6, 6.07) is 0. The molecule has 5 heteroatoms. The van der Waals surface area contributed by atoms with Crippen LogP contribution in [0.2, 0.25) is 0 Å². The number of rotatable bonds is 8. The number of esters is 1. The van der Waals surface area contributed by atoms with Gasteiger partial charge in [0, 0.05) is 6.42 Å². The number of hydrogen-bond acceptors (Lipinski definition) is 5. The first kappa shape index (κ1) is 22.6. The molecule has 0 heterocycles. The Kier molecular flexibility index (Phi) is 9.16. The molecule has 0 saturated heterocycles. The Morgan fingerprint density at radius 1 is 1.25 bits per heavy atom. The maximum absolute atomic E-state index is 12.4. The van der Waals surface area contributed by atoms with Crippen molar-refractivity contribution in [2.24, 2.45) is 5.92 Å². The van der Waals surface area contributed by atoms with E-state index in [9.17, 15) is 20.1 Å². The fourth-order valence-corrected chi connectivity index (χ4v) is 3.58. The van der Waals surface area contributed by atoms with Gasteiger partial charge in [-0.25, -0.2) is 4.79 Å². The van der Waals surface area contributed by atoms with Gasteiger partial charge in [-0.1, -0.05) is 48.5 Å². The van der Waals surface area contributed by atoms with Crippen LogP contribution in [-0.4, -0.2) is 45.7 Å². The Balaban J connectivity index is 1.91. The fraction of sp³-hybridized carbons (Fsp3) is 0.609. The van der Waals surface area contributed by atoms with Crippen molar-refractivity contribution < 1.29 is 24.9 Å². The number of aliphatic hydroxyl groups excluding tert-OH is 3. The first-order valence-corrected chi connectivity index (χ1v) is 10.4. The molecule has 4 atom stereocenters.